The zero-order valence-electron chi connectivity index (χ0n) is 21.3. The minimum Gasteiger partial charge on any atom is -0.497 e. The van der Waals surface area contributed by atoms with Gasteiger partial charge in [0.1, 0.15) is 17.6 Å². The van der Waals surface area contributed by atoms with E-state index in [1.165, 1.54) is 29.2 Å². The van der Waals surface area contributed by atoms with Crippen molar-refractivity contribution in [3.05, 3.63) is 120 Å². The lowest BCUT2D eigenvalue weighted by molar-refractivity contribution is -0.139. The Morgan fingerprint density at radius 1 is 0.897 bits per heavy atom. The van der Waals surface area contributed by atoms with Crippen molar-refractivity contribution in [3.8, 4) is 17.2 Å². The van der Waals surface area contributed by atoms with Crippen LogP contribution in [0.1, 0.15) is 22.7 Å². The predicted molar refractivity (Wildman–Crippen MR) is 144 cm³/mol. The van der Waals surface area contributed by atoms with E-state index in [9.17, 15) is 14.0 Å². The zero-order chi connectivity index (χ0) is 27.2. The first-order chi connectivity index (χ1) is 19.0. The van der Waals surface area contributed by atoms with Crippen LogP contribution >= 0.6 is 0 Å². The second-order valence-corrected chi connectivity index (χ2v) is 9.04. The summed E-state index contributed by atoms with van der Waals surface area (Å²) in [5.74, 6) is 0.633. The maximum Gasteiger partial charge on any atom is 0.251 e. The van der Waals surface area contributed by atoms with Crippen LogP contribution in [0.5, 0.6) is 17.2 Å². The number of rotatable bonds is 9. The van der Waals surface area contributed by atoms with Crippen LogP contribution in [0.15, 0.2) is 97.1 Å². The van der Waals surface area contributed by atoms with E-state index in [2.05, 4.69) is 5.32 Å². The number of benzene rings is 4. The molecule has 1 atom stereocenters. The quantitative estimate of drug-likeness (QED) is 0.311. The van der Waals surface area contributed by atoms with Gasteiger partial charge in [-0.05, 0) is 53.1 Å². The minimum absolute atomic E-state index is 0.0893. The van der Waals surface area contributed by atoms with Crippen LogP contribution < -0.4 is 19.5 Å². The van der Waals surface area contributed by atoms with Gasteiger partial charge in [-0.3, -0.25) is 9.59 Å². The summed E-state index contributed by atoms with van der Waals surface area (Å²) in [5, 5.41) is 2.91. The number of ether oxygens (including phenoxy) is 3. The second-order valence-electron chi connectivity index (χ2n) is 9.04. The number of carbonyl (C=O) groups excluding carboxylic acids is 2. The van der Waals surface area contributed by atoms with Crippen molar-refractivity contribution in [2.75, 3.05) is 19.2 Å². The fourth-order valence-corrected chi connectivity index (χ4v) is 4.43. The molecule has 0 spiro atoms. The van der Waals surface area contributed by atoms with Crippen molar-refractivity contribution >= 4 is 17.5 Å². The molecule has 2 amide bonds. The Hall–Kier alpha value is -4.85. The third kappa shape index (κ3) is 6.18. The molecule has 0 radical (unpaired) electrons. The van der Waals surface area contributed by atoms with Crippen molar-refractivity contribution in [1.29, 1.82) is 0 Å². The third-order valence-corrected chi connectivity index (χ3v) is 6.42. The number of carbonyl (C=O) groups is 2. The normalized spacial score (nSPS) is 12.5. The molecule has 7 nitrogen and oxygen atoms in total. The molecule has 0 saturated carbocycles. The molecule has 8 heteroatoms. The monoisotopic (exact) mass is 526 g/mol. The molecule has 1 heterocycles. The Kier molecular flexibility index (Phi) is 7.73. The smallest absolute Gasteiger partial charge is 0.251 e. The number of amides is 2. The molecule has 0 aromatic heterocycles. The van der Waals surface area contributed by atoms with Gasteiger partial charge in [-0.1, -0.05) is 54.6 Å². The fraction of sp³-hybridized carbons (Fsp3) is 0.161. The molecule has 0 saturated heterocycles. The van der Waals surface area contributed by atoms with Gasteiger partial charge in [0.15, 0.2) is 11.5 Å². The zero-order valence-corrected chi connectivity index (χ0v) is 21.3. The molecule has 4 aromatic carbocycles. The van der Waals surface area contributed by atoms with E-state index >= 15 is 0 Å². The van der Waals surface area contributed by atoms with Gasteiger partial charge < -0.3 is 24.4 Å². The molecular weight excluding hydrogens is 499 g/mol. The predicted octanol–water partition coefficient (Wildman–Crippen LogP) is 5.51. The minimum atomic E-state index is -1.05. The first-order valence-electron chi connectivity index (χ1n) is 12.4. The molecule has 5 rings (SSSR count). The Morgan fingerprint density at radius 2 is 1.62 bits per heavy atom. The number of hydrogen-bond donors (Lipinski definition) is 1. The van der Waals surface area contributed by atoms with Crippen LogP contribution in [0.4, 0.5) is 10.1 Å². The van der Waals surface area contributed by atoms with E-state index in [0.29, 0.717) is 28.5 Å². The van der Waals surface area contributed by atoms with Crippen LogP contribution in [-0.2, 0) is 22.6 Å². The molecule has 39 heavy (non-hydrogen) atoms. The van der Waals surface area contributed by atoms with E-state index in [0.717, 1.165) is 11.1 Å². The first kappa shape index (κ1) is 25.8. The lowest BCUT2D eigenvalue weighted by atomic mass is 10.0. The topological polar surface area (TPSA) is 77.1 Å². The van der Waals surface area contributed by atoms with Gasteiger partial charge in [0.25, 0.3) is 5.91 Å². The molecular formula is C31H27FN2O5. The van der Waals surface area contributed by atoms with Gasteiger partial charge in [0, 0.05) is 18.3 Å². The van der Waals surface area contributed by atoms with Crippen LogP contribution in [0.25, 0.3) is 0 Å². The highest BCUT2D eigenvalue weighted by atomic mass is 19.1. The average Bonchev–Trinajstić information content (AvgIpc) is 3.42. The highest BCUT2D eigenvalue weighted by Gasteiger charge is 2.32. The van der Waals surface area contributed by atoms with Crippen LogP contribution in [0.3, 0.4) is 0 Å². The molecule has 1 unspecified atom stereocenters. The van der Waals surface area contributed by atoms with Crippen LogP contribution in [0, 0.1) is 5.82 Å². The second kappa shape index (κ2) is 11.7. The van der Waals surface area contributed by atoms with Gasteiger partial charge >= 0.3 is 0 Å². The molecule has 1 aliphatic rings. The number of hydrogen-bond acceptors (Lipinski definition) is 5. The van der Waals surface area contributed by atoms with E-state index in [1.54, 1.807) is 37.4 Å². The summed E-state index contributed by atoms with van der Waals surface area (Å²) < 4.78 is 29.9. The summed E-state index contributed by atoms with van der Waals surface area (Å²) in [5.41, 5.74) is 2.58. The Bertz CT molecular complexity index is 1440. The summed E-state index contributed by atoms with van der Waals surface area (Å²) in [6.45, 7) is 0.251. The van der Waals surface area contributed by atoms with Crippen LogP contribution in [-0.4, -0.2) is 30.6 Å². The molecule has 4 aromatic rings. The highest BCUT2D eigenvalue weighted by molar-refractivity contribution is 5.98. The molecule has 198 valence electrons. The molecule has 1 N–H and O–H groups in total. The maximum atomic E-state index is 13.9. The van der Waals surface area contributed by atoms with Gasteiger partial charge in [-0.15, -0.1) is 0 Å². The summed E-state index contributed by atoms with van der Waals surface area (Å²) in [4.78, 5) is 29.3. The van der Waals surface area contributed by atoms with E-state index in [4.69, 9.17) is 14.2 Å². The first-order valence-corrected chi connectivity index (χ1v) is 12.4. The van der Waals surface area contributed by atoms with Crippen molar-refractivity contribution in [2.24, 2.45) is 0 Å². The average molecular weight is 527 g/mol. The van der Waals surface area contributed by atoms with Crippen molar-refractivity contribution in [3.63, 3.8) is 0 Å². The summed E-state index contributed by atoms with van der Waals surface area (Å²) in [6, 6.07) is 26.3. The van der Waals surface area contributed by atoms with Crippen molar-refractivity contribution < 1.29 is 28.2 Å². The van der Waals surface area contributed by atoms with Gasteiger partial charge in [-0.2, -0.15) is 0 Å². The number of nitrogens with one attached hydrogen (secondary N) is 1. The number of anilines is 1. The number of methoxy groups -OCH3 is 1. The Morgan fingerprint density at radius 3 is 2.33 bits per heavy atom. The van der Waals surface area contributed by atoms with E-state index in [1.807, 2.05) is 42.5 Å². The van der Waals surface area contributed by atoms with Gasteiger partial charge in [0.2, 0.25) is 12.7 Å². The lowest BCUT2D eigenvalue weighted by Crippen LogP contribution is -2.41. The Balaban J connectivity index is 1.51. The Labute approximate surface area is 225 Å². The van der Waals surface area contributed by atoms with Crippen LogP contribution in [0.2, 0.25) is 0 Å². The molecule has 0 bridgehead atoms. The number of halogens is 1. The SMILES string of the molecule is COc1ccc(CN(C(=O)Cc2ccccc2)C(C(=O)Nc2ccc3c(c2)OCO3)c2ccc(F)cc2)cc1. The summed E-state index contributed by atoms with van der Waals surface area (Å²) >= 11 is 0. The number of nitrogens with zero attached hydrogens (tertiary/aromatic N) is 1. The molecule has 0 aliphatic carbocycles. The molecule has 0 fully saturated rings. The van der Waals surface area contributed by atoms with E-state index in [-0.39, 0.29) is 25.7 Å². The lowest BCUT2D eigenvalue weighted by Gasteiger charge is -2.32. The fourth-order valence-electron chi connectivity index (χ4n) is 4.43. The van der Waals surface area contributed by atoms with Crippen molar-refractivity contribution in [1.82, 2.24) is 4.90 Å². The largest absolute Gasteiger partial charge is 0.497 e. The summed E-state index contributed by atoms with van der Waals surface area (Å²) in [7, 11) is 1.58. The van der Waals surface area contributed by atoms with Crippen molar-refractivity contribution in [2.45, 2.75) is 19.0 Å². The summed E-state index contributed by atoms with van der Waals surface area (Å²) in [6.07, 6.45) is 0.0893. The van der Waals surface area contributed by atoms with Gasteiger partial charge in [0.05, 0.1) is 13.5 Å². The van der Waals surface area contributed by atoms with E-state index < -0.39 is 17.8 Å². The number of fused-ring (bicyclic) bond motifs is 1. The highest BCUT2D eigenvalue weighted by Crippen LogP contribution is 2.35. The molecule has 1 aliphatic heterocycles. The third-order valence-electron chi connectivity index (χ3n) is 6.42. The van der Waals surface area contributed by atoms with Gasteiger partial charge in [-0.25, -0.2) is 4.39 Å². The standard InChI is InChI=1S/C31H27FN2O5/c1-37-26-14-7-22(8-15-26)19-34(29(35)17-21-5-3-2-4-6-21)30(23-9-11-24(32)12-10-23)31(36)33-25-13-16-27-28(18-25)39-20-38-27/h2-16,18,30H,17,19-20H2,1H3,(H,33,36). The maximum absolute atomic E-state index is 13.9.